The molecule has 118 valence electrons. The summed E-state index contributed by atoms with van der Waals surface area (Å²) in [6, 6.07) is 11.1. The van der Waals surface area contributed by atoms with E-state index in [1.54, 1.807) is 12.1 Å². The molecule has 2 heterocycles. The lowest BCUT2D eigenvalue weighted by Gasteiger charge is -2.10. The van der Waals surface area contributed by atoms with Gasteiger partial charge in [-0.2, -0.15) is 5.10 Å². The number of hydrogen-bond donors (Lipinski definition) is 0. The maximum Gasteiger partial charge on any atom is 0.311 e. The standard InChI is InChI=1S/C18H19N3O2/c1-12-11-17-19-13(2)16(14(3)21(17)20-12)9-10-18(22)23-15-7-5-4-6-8-15/h4-8,11H,9-10H2,1-3H3. The molecular weight excluding hydrogens is 290 g/mol. The molecule has 0 aliphatic carbocycles. The van der Waals surface area contributed by atoms with E-state index < -0.39 is 0 Å². The van der Waals surface area contributed by atoms with Gasteiger partial charge in [-0.1, -0.05) is 18.2 Å². The van der Waals surface area contributed by atoms with E-state index in [9.17, 15) is 4.79 Å². The van der Waals surface area contributed by atoms with E-state index in [0.29, 0.717) is 18.6 Å². The number of esters is 1. The van der Waals surface area contributed by atoms with Crippen LogP contribution in [-0.2, 0) is 11.2 Å². The van der Waals surface area contributed by atoms with Crippen LogP contribution in [0.2, 0.25) is 0 Å². The van der Waals surface area contributed by atoms with Gasteiger partial charge in [0.05, 0.1) is 12.1 Å². The summed E-state index contributed by atoms with van der Waals surface area (Å²) in [6.07, 6.45) is 0.898. The second-order valence-electron chi connectivity index (χ2n) is 5.60. The Morgan fingerprint density at radius 2 is 1.91 bits per heavy atom. The molecule has 0 saturated carbocycles. The van der Waals surface area contributed by atoms with E-state index in [1.807, 2.05) is 49.6 Å². The zero-order valence-corrected chi connectivity index (χ0v) is 13.5. The first-order valence-electron chi connectivity index (χ1n) is 7.63. The predicted octanol–water partition coefficient (Wildman–Crippen LogP) is 3.19. The molecule has 0 unspecified atom stereocenters. The number of para-hydroxylation sites is 1. The van der Waals surface area contributed by atoms with E-state index in [4.69, 9.17) is 4.74 Å². The molecule has 0 aliphatic heterocycles. The quantitative estimate of drug-likeness (QED) is 0.548. The van der Waals surface area contributed by atoms with Crippen molar-refractivity contribution in [3.8, 4) is 5.75 Å². The lowest BCUT2D eigenvalue weighted by molar-refractivity contribution is -0.134. The van der Waals surface area contributed by atoms with Crippen molar-refractivity contribution in [1.82, 2.24) is 14.6 Å². The molecule has 5 heteroatoms. The van der Waals surface area contributed by atoms with Crippen LogP contribution < -0.4 is 4.74 Å². The number of aryl methyl sites for hydroxylation is 3. The third-order valence-electron chi connectivity index (χ3n) is 3.84. The second kappa shape index (κ2) is 6.20. The minimum atomic E-state index is -0.244. The van der Waals surface area contributed by atoms with Crippen molar-refractivity contribution in [2.45, 2.75) is 33.6 Å². The Morgan fingerprint density at radius 3 is 2.65 bits per heavy atom. The molecule has 0 radical (unpaired) electrons. The van der Waals surface area contributed by atoms with Crippen LogP contribution >= 0.6 is 0 Å². The van der Waals surface area contributed by atoms with Crippen molar-refractivity contribution in [2.24, 2.45) is 0 Å². The lowest BCUT2D eigenvalue weighted by Crippen LogP contribution is -2.12. The van der Waals surface area contributed by atoms with Crippen LogP contribution in [-0.4, -0.2) is 20.6 Å². The number of fused-ring (bicyclic) bond motifs is 1. The third-order valence-corrected chi connectivity index (χ3v) is 3.84. The molecule has 0 fully saturated rings. The van der Waals surface area contributed by atoms with E-state index >= 15 is 0 Å². The van der Waals surface area contributed by atoms with Crippen LogP contribution in [0, 0.1) is 20.8 Å². The summed E-state index contributed by atoms with van der Waals surface area (Å²) in [5, 5.41) is 4.45. The fourth-order valence-corrected chi connectivity index (χ4v) is 2.70. The highest BCUT2D eigenvalue weighted by Crippen LogP contribution is 2.18. The number of hydrogen-bond acceptors (Lipinski definition) is 4. The lowest BCUT2D eigenvalue weighted by atomic mass is 10.1. The van der Waals surface area contributed by atoms with Gasteiger partial charge >= 0.3 is 5.97 Å². The molecule has 0 atom stereocenters. The summed E-state index contributed by atoms with van der Waals surface area (Å²) >= 11 is 0. The number of carbonyl (C=O) groups excluding carboxylic acids is 1. The molecular formula is C18H19N3O2. The molecule has 23 heavy (non-hydrogen) atoms. The Bertz CT molecular complexity index is 854. The minimum absolute atomic E-state index is 0.244. The van der Waals surface area contributed by atoms with E-state index in [1.165, 1.54) is 0 Å². The Kier molecular flexibility index (Phi) is 4.10. The van der Waals surface area contributed by atoms with Crippen LogP contribution in [0.4, 0.5) is 0 Å². The number of aromatic nitrogens is 3. The van der Waals surface area contributed by atoms with E-state index in [2.05, 4.69) is 10.1 Å². The van der Waals surface area contributed by atoms with E-state index in [0.717, 1.165) is 28.3 Å². The average molecular weight is 309 g/mol. The van der Waals surface area contributed by atoms with Gasteiger partial charge in [-0.05, 0) is 44.9 Å². The van der Waals surface area contributed by atoms with Gasteiger partial charge in [0.1, 0.15) is 5.75 Å². The van der Waals surface area contributed by atoms with Crippen molar-refractivity contribution >= 4 is 11.6 Å². The number of rotatable bonds is 4. The SMILES string of the molecule is Cc1cc2nc(C)c(CCC(=O)Oc3ccccc3)c(C)n2n1. The van der Waals surface area contributed by atoms with Crippen LogP contribution in [0.15, 0.2) is 36.4 Å². The molecule has 0 saturated heterocycles. The van der Waals surface area contributed by atoms with Crippen LogP contribution in [0.5, 0.6) is 5.75 Å². The molecule has 5 nitrogen and oxygen atoms in total. The van der Waals surface area contributed by atoms with Crippen LogP contribution in [0.3, 0.4) is 0 Å². The zero-order valence-electron chi connectivity index (χ0n) is 13.5. The van der Waals surface area contributed by atoms with Gasteiger partial charge in [-0.15, -0.1) is 0 Å². The van der Waals surface area contributed by atoms with Gasteiger partial charge < -0.3 is 4.74 Å². The van der Waals surface area contributed by atoms with Crippen molar-refractivity contribution in [1.29, 1.82) is 0 Å². The summed E-state index contributed by atoms with van der Waals surface area (Å²) in [5.41, 5.74) is 4.77. The largest absolute Gasteiger partial charge is 0.427 e. The monoisotopic (exact) mass is 309 g/mol. The molecule has 0 N–H and O–H groups in total. The Hall–Kier alpha value is -2.69. The molecule has 3 rings (SSSR count). The molecule has 0 aliphatic rings. The molecule has 0 spiro atoms. The first kappa shape index (κ1) is 15.2. The summed E-state index contributed by atoms with van der Waals surface area (Å²) in [7, 11) is 0. The summed E-state index contributed by atoms with van der Waals surface area (Å²) in [6.45, 7) is 5.92. The summed E-state index contributed by atoms with van der Waals surface area (Å²) in [4.78, 5) is 16.6. The average Bonchev–Trinajstić information content (AvgIpc) is 2.88. The first-order valence-corrected chi connectivity index (χ1v) is 7.63. The van der Waals surface area contributed by atoms with E-state index in [-0.39, 0.29) is 5.97 Å². The Balaban J connectivity index is 1.75. The first-order chi connectivity index (χ1) is 11.0. The number of nitrogens with zero attached hydrogens (tertiary/aromatic N) is 3. The molecule has 1 aromatic carbocycles. The third kappa shape index (κ3) is 3.23. The highest BCUT2D eigenvalue weighted by molar-refractivity contribution is 5.72. The Morgan fingerprint density at radius 1 is 1.17 bits per heavy atom. The number of benzene rings is 1. The topological polar surface area (TPSA) is 56.5 Å². The molecule has 3 aromatic rings. The molecule has 0 bridgehead atoms. The highest BCUT2D eigenvalue weighted by atomic mass is 16.5. The van der Waals surface area contributed by atoms with Crippen molar-refractivity contribution in [3.05, 3.63) is 59.0 Å². The maximum absolute atomic E-state index is 12.0. The molecule has 2 aromatic heterocycles. The fraction of sp³-hybridized carbons (Fsp3) is 0.278. The minimum Gasteiger partial charge on any atom is -0.427 e. The van der Waals surface area contributed by atoms with Gasteiger partial charge in [-0.25, -0.2) is 9.50 Å². The van der Waals surface area contributed by atoms with Gasteiger partial charge in [0, 0.05) is 17.5 Å². The second-order valence-corrected chi connectivity index (χ2v) is 5.60. The summed E-state index contributed by atoms with van der Waals surface area (Å²) < 4.78 is 7.16. The van der Waals surface area contributed by atoms with Crippen LogP contribution in [0.1, 0.15) is 29.1 Å². The van der Waals surface area contributed by atoms with Crippen LogP contribution in [0.25, 0.3) is 5.65 Å². The zero-order chi connectivity index (χ0) is 16.4. The Labute approximate surface area is 134 Å². The van der Waals surface area contributed by atoms with Crippen molar-refractivity contribution in [2.75, 3.05) is 0 Å². The van der Waals surface area contributed by atoms with Crippen molar-refractivity contribution in [3.63, 3.8) is 0 Å². The fourth-order valence-electron chi connectivity index (χ4n) is 2.70. The predicted molar refractivity (Wildman–Crippen MR) is 87.6 cm³/mol. The van der Waals surface area contributed by atoms with Gasteiger partial charge in [0.15, 0.2) is 5.65 Å². The normalized spacial score (nSPS) is 10.9. The summed E-state index contributed by atoms with van der Waals surface area (Å²) in [5.74, 6) is 0.328. The smallest absolute Gasteiger partial charge is 0.311 e. The maximum atomic E-state index is 12.0. The van der Waals surface area contributed by atoms with Gasteiger partial charge in [-0.3, -0.25) is 4.79 Å². The van der Waals surface area contributed by atoms with Crippen molar-refractivity contribution < 1.29 is 9.53 Å². The van der Waals surface area contributed by atoms with Gasteiger partial charge in [0.25, 0.3) is 0 Å². The highest BCUT2D eigenvalue weighted by Gasteiger charge is 2.13. The number of carbonyl (C=O) groups is 1. The van der Waals surface area contributed by atoms with Gasteiger partial charge in [0.2, 0.25) is 0 Å². The molecule has 0 amide bonds. The number of ether oxygens (including phenoxy) is 1.